The molecule has 0 spiro atoms. The fourth-order valence-corrected chi connectivity index (χ4v) is 3.30. The average Bonchev–Trinajstić information content (AvgIpc) is 2.80. The number of nitrogens with one attached hydrogen (secondary N) is 2. The van der Waals surface area contributed by atoms with Crippen LogP contribution in [-0.2, 0) is 9.05 Å². The normalized spacial score (nSPS) is 12.0. The summed E-state index contributed by atoms with van der Waals surface area (Å²) in [6.07, 6.45) is 0. The van der Waals surface area contributed by atoms with Crippen LogP contribution in [0.5, 0.6) is 0 Å². The highest BCUT2D eigenvalue weighted by Crippen LogP contribution is 2.31. The highest BCUT2D eigenvalue weighted by Gasteiger charge is 2.28. The Hall–Kier alpha value is -2.32. The number of hydrogen-bond donors (Lipinski definition) is 3. The Morgan fingerprint density at radius 2 is 1.86 bits per heavy atom. The van der Waals surface area contributed by atoms with E-state index in [-0.39, 0.29) is 10.9 Å². The summed E-state index contributed by atoms with van der Waals surface area (Å²) in [5.74, 6) is -1.49. The number of carboxylic acids is 1. The molecule has 0 bridgehead atoms. The molecule has 0 unspecified atom stereocenters. The molecule has 2 aromatic heterocycles. The van der Waals surface area contributed by atoms with E-state index in [1.165, 1.54) is 0 Å². The van der Waals surface area contributed by atoms with Gasteiger partial charge in [0, 0.05) is 27.0 Å². The molecule has 9 heteroatoms. The summed E-state index contributed by atoms with van der Waals surface area (Å²) in [7, 11) is 0.905. The lowest BCUT2D eigenvalue weighted by molar-refractivity contribution is 0.0695. The van der Waals surface area contributed by atoms with Crippen LogP contribution in [0.2, 0.25) is 0 Å². The van der Waals surface area contributed by atoms with Crippen molar-refractivity contribution in [3.05, 3.63) is 40.2 Å². The lowest BCUT2D eigenvalue weighted by Gasteiger charge is -2.00. The van der Waals surface area contributed by atoms with Gasteiger partial charge in [0.05, 0.1) is 0 Å². The van der Waals surface area contributed by atoms with Crippen molar-refractivity contribution >= 4 is 47.5 Å². The number of benzene rings is 1. The lowest BCUT2D eigenvalue weighted by Crippen LogP contribution is -2.06. The van der Waals surface area contributed by atoms with Crippen molar-refractivity contribution in [3.8, 4) is 0 Å². The molecule has 0 amide bonds. The van der Waals surface area contributed by atoms with Gasteiger partial charge in [0.2, 0.25) is 0 Å². The molecule has 3 N–H and O–H groups in total. The number of fused-ring (bicyclic) bond motifs is 3. The molecule has 3 aromatic rings. The van der Waals surface area contributed by atoms with Crippen LogP contribution in [0.15, 0.2) is 34.1 Å². The van der Waals surface area contributed by atoms with Crippen molar-refractivity contribution < 1.29 is 18.3 Å². The van der Waals surface area contributed by atoms with Gasteiger partial charge in [-0.1, -0.05) is 18.2 Å². The number of carboxylic acid groups (broad SMARTS) is 1. The number of para-hydroxylation sites is 1. The minimum Gasteiger partial charge on any atom is -0.478 e. The van der Waals surface area contributed by atoms with E-state index >= 15 is 0 Å². The zero-order valence-electron chi connectivity index (χ0n) is 10.2. The van der Waals surface area contributed by atoms with E-state index in [1.54, 1.807) is 24.3 Å². The molecule has 2 heterocycles. The van der Waals surface area contributed by atoms with Crippen molar-refractivity contribution in [1.82, 2.24) is 9.97 Å². The fraction of sp³-hybridized carbons (Fsp3) is 0. The molecule has 21 heavy (non-hydrogen) atoms. The van der Waals surface area contributed by atoms with Crippen molar-refractivity contribution in [2.24, 2.45) is 0 Å². The lowest BCUT2D eigenvalue weighted by atomic mass is 10.1. The summed E-state index contributed by atoms with van der Waals surface area (Å²) in [6, 6.07) is 6.48. The van der Waals surface area contributed by atoms with Crippen LogP contribution in [0, 0.1) is 0 Å². The Morgan fingerprint density at radius 1 is 1.19 bits per heavy atom. The van der Waals surface area contributed by atoms with E-state index in [9.17, 15) is 23.1 Å². The van der Waals surface area contributed by atoms with E-state index < -0.39 is 31.2 Å². The van der Waals surface area contributed by atoms with Gasteiger partial charge in [-0.3, -0.25) is 4.79 Å². The van der Waals surface area contributed by atoms with Gasteiger partial charge in [-0.05, 0) is 6.07 Å². The van der Waals surface area contributed by atoms with Crippen LogP contribution in [0.1, 0.15) is 10.4 Å². The third-order valence-corrected chi connectivity index (χ3v) is 4.35. The molecule has 1 aromatic carbocycles. The Kier molecular flexibility index (Phi) is 2.82. The van der Waals surface area contributed by atoms with Gasteiger partial charge in [0.15, 0.2) is 5.03 Å². The van der Waals surface area contributed by atoms with Gasteiger partial charge in [-0.2, -0.15) is 0 Å². The van der Waals surface area contributed by atoms with Gasteiger partial charge in [-0.15, -0.1) is 0 Å². The van der Waals surface area contributed by atoms with Gasteiger partial charge in [-0.25, -0.2) is 13.2 Å². The molecule has 0 saturated carbocycles. The van der Waals surface area contributed by atoms with Crippen molar-refractivity contribution in [2.75, 3.05) is 0 Å². The van der Waals surface area contributed by atoms with Crippen LogP contribution in [0.3, 0.4) is 0 Å². The van der Waals surface area contributed by atoms with E-state index in [0.717, 1.165) is 0 Å². The standard InChI is InChI=1S/C12H7ClN2O5S/c13-21(19,20)11-8(12(17)18)7-5-3-1-2-4-6(5)14-10(16)9(7)15-11/h1-4,15H,(H,14,16)(H,17,18). The fourth-order valence-electron chi connectivity index (χ4n) is 2.30. The summed E-state index contributed by atoms with van der Waals surface area (Å²) >= 11 is 0. The molecule has 3 rings (SSSR count). The minimum absolute atomic E-state index is 0.0149. The third-order valence-electron chi connectivity index (χ3n) is 3.09. The maximum Gasteiger partial charge on any atom is 0.339 e. The van der Waals surface area contributed by atoms with Crippen LogP contribution in [0.25, 0.3) is 21.8 Å². The predicted molar refractivity (Wildman–Crippen MR) is 76.4 cm³/mol. The number of carbonyl (C=O) groups is 1. The third kappa shape index (κ3) is 1.99. The van der Waals surface area contributed by atoms with Crippen molar-refractivity contribution in [1.29, 1.82) is 0 Å². The molecule has 0 fully saturated rings. The van der Waals surface area contributed by atoms with Crippen LogP contribution in [0.4, 0.5) is 0 Å². The second-order valence-electron chi connectivity index (χ2n) is 4.32. The minimum atomic E-state index is -4.34. The number of halogens is 1. The Bertz CT molecular complexity index is 1060. The smallest absolute Gasteiger partial charge is 0.339 e. The first kappa shape index (κ1) is 13.7. The first-order valence-electron chi connectivity index (χ1n) is 5.65. The van der Waals surface area contributed by atoms with Crippen molar-refractivity contribution in [2.45, 2.75) is 5.03 Å². The van der Waals surface area contributed by atoms with E-state index in [0.29, 0.717) is 10.9 Å². The molecule has 108 valence electrons. The Balaban J connectivity index is 2.70. The molecule has 7 nitrogen and oxygen atoms in total. The number of hydrogen-bond acceptors (Lipinski definition) is 4. The first-order chi connectivity index (χ1) is 9.80. The number of aromatic carboxylic acids is 1. The number of aromatic amines is 2. The molecule has 0 saturated heterocycles. The second kappa shape index (κ2) is 4.34. The van der Waals surface area contributed by atoms with Gasteiger partial charge >= 0.3 is 5.97 Å². The van der Waals surface area contributed by atoms with Gasteiger partial charge < -0.3 is 15.1 Å². The van der Waals surface area contributed by atoms with E-state index in [2.05, 4.69) is 9.97 Å². The highest BCUT2D eigenvalue weighted by molar-refractivity contribution is 8.13. The zero-order valence-corrected chi connectivity index (χ0v) is 11.7. The first-order valence-corrected chi connectivity index (χ1v) is 7.96. The van der Waals surface area contributed by atoms with Crippen LogP contribution >= 0.6 is 10.7 Å². The molecule has 0 aliphatic rings. The topological polar surface area (TPSA) is 120 Å². The largest absolute Gasteiger partial charge is 0.478 e. The monoisotopic (exact) mass is 326 g/mol. The van der Waals surface area contributed by atoms with Gasteiger partial charge in [0.1, 0.15) is 11.1 Å². The molecule has 0 aliphatic heterocycles. The zero-order chi connectivity index (χ0) is 15.4. The number of pyridine rings is 1. The number of rotatable bonds is 2. The second-order valence-corrected chi connectivity index (χ2v) is 6.82. The Morgan fingerprint density at radius 3 is 2.48 bits per heavy atom. The summed E-state index contributed by atoms with van der Waals surface area (Å²) < 4.78 is 23.1. The molecule has 0 radical (unpaired) electrons. The molecular formula is C12H7ClN2O5S. The molecule has 0 atom stereocenters. The van der Waals surface area contributed by atoms with Crippen LogP contribution < -0.4 is 5.56 Å². The predicted octanol–water partition coefficient (Wildman–Crippen LogP) is 1.64. The summed E-state index contributed by atoms with van der Waals surface area (Å²) in [5, 5.41) is 9.03. The molecule has 0 aliphatic carbocycles. The maximum absolute atomic E-state index is 12.0. The molecular weight excluding hydrogens is 320 g/mol. The summed E-state index contributed by atoms with van der Waals surface area (Å²) in [4.78, 5) is 28.3. The van der Waals surface area contributed by atoms with Crippen LogP contribution in [-0.4, -0.2) is 29.5 Å². The SMILES string of the molecule is O=C(O)c1c(S(=O)(=O)Cl)[nH]c2c(=O)[nH]c3ccccc3c12. The number of aromatic nitrogens is 2. The number of H-pyrrole nitrogens is 2. The maximum atomic E-state index is 12.0. The average molecular weight is 327 g/mol. The van der Waals surface area contributed by atoms with E-state index in [4.69, 9.17) is 10.7 Å². The van der Waals surface area contributed by atoms with Crippen molar-refractivity contribution in [3.63, 3.8) is 0 Å². The summed E-state index contributed by atoms with van der Waals surface area (Å²) in [6.45, 7) is 0. The summed E-state index contributed by atoms with van der Waals surface area (Å²) in [5.41, 5.74) is -0.916. The quantitative estimate of drug-likeness (QED) is 0.618. The van der Waals surface area contributed by atoms with E-state index in [1.807, 2.05) is 0 Å². The highest BCUT2D eigenvalue weighted by atomic mass is 35.7. The Labute approximate surface area is 121 Å². The van der Waals surface area contributed by atoms with Gasteiger partial charge in [0.25, 0.3) is 14.6 Å².